The van der Waals surface area contributed by atoms with Crippen LogP contribution in [0.5, 0.6) is 0 Å². The minimum absolute atomic E-state index is 0.139. The van der Waals surface area contributed by atoms with Crippen LogP contribution in [-0.4, -0.2) is 17.6 Å². The van der Waals surface area contributed by atoms with Crippen molar-refractivity contribution in [3.8, 4) is 11.8 Å². The Balaban J connectivity index is 2.22. The Labute approximate surface area is 120 Å². The summed E-state index contributed by atoms with van der Waals surface area (Å²) in [5.41, 5.74) is 1.50. The number of rotatable bonds is 2. The van der Waals surface area contributed by atoms with Crippen LogP contribution in [0.1, 0.15) is 20.8 Å². The summed E-state index contributed by atoms with van der Waals surface area (Å²) in [5, 5.41) is 13.2. The van der Waals surface area contributed by atoms with Crippen molar-refractivity contribution in [2.75, 3.05) is 11.9 Å². The number of hydrogen-bond acceptors (Lipinski definition) is 3. The Morgan fingerprint density at radius 2 is 2.25 bits per heavy atom. The summed E-state index contributed by atoms with van der Waals surface area (Å²) in [4.78, 5) is 12.7. The van der Waals surface area contributed by atoms with Crippen LogP contribution in [0.25, 0.3) is 0 Å². The molecule has 3 nitrogen and oxygen atoms in total. The van der Waals surface area contributed by atoms with Crippen molar-refractivity contribution in [2.45, 2.75) is 6.92 Å². The zero-order valence-electron chi connectivity index (χ0n) is 10.7. The third-order valence-electron chi connectivity index (χ3n) is 2.59. The molecule has 2 aromatic rings. The number of aliphatic hydroxyl groups is 1. The van der Waals surface area contributed by atoms with Crippen LogP contribution in [0.15, 0.2) is 29.6 Å². The molecule has 20 heavy (non-hydrogen) atoms. The van der Waals surface area contributed by atoms with E-state index in [1.807, 2.05) is 18.4 Å². The molecule has 0 unspecified atom stereocenters. The number of aliphatic hydroxyl groups excluding tert-OH is 1. The van der Waals surface area contributed by atoms with Gasteiger partial charge in [-0.05, 0) is 42.1 Å². The number of anilines is 1. The van der Waals surface area contributed by atoms with Gasteiger partial charge in [-0.15, -0.1) is 11.3 Å². The Morgan fingerprint density at radius 3 is 2.90 bits per heavy atom. The summed E-state index contributed by atoms with van der Waals surface area (Å²) in [5.74, 6) is 4.16. The second kappa shape index (κ2) is 6.33. The van der Waals surface area contributed by atoms with Crippen molar-refractivity contribution in [3.63, 3.8) is 0 Å². The molecule has 2 N–H and O–H groups in total. The average Bonchev–Trinajstić information content (AvgIpc) is 2.85. The number of carbonyl (C=O) groups is 1. The number of aryl methyl sites for hydroxylation is 1. The van der Waals surface area contributed by atoms with Crippen LogP contribution >= 0.6 is 11.3 Å². The first-order chi connectivity index (χ1) is 9.61. The number of halogens is 1. The summed E-state index contributed by atoms with van der Waals surface area (Å²) in [6, 6.07) is 6.01. The van der Waals surface area contributed by atoms with Gasteiger partial charge in [0.15, 0.2) is 0 Å². The van der Waals surface area contributed by atoms with E-state index in [0.717, 1.165) is 5.56 Å². The summed E-state index contributed by atoms with van der Waals surface area (Å²) in [7, 11) is 0. The summed E-state index contributed by atoms with van der Waals surface area (Å²) in [6.07, 6.45) is 0. The molecule has 1 amide bonds. The Hall–Kier alpha value is -2.16. The average molecular weight is 289 g/mol. The fourth-order valence-electron chi connectivity index (χ4n) is 1.63. The second-order valence-electron chi connectivity index (χ2n) is 4.04. The first-order valence-corrected chi connectivity index (χ1v) is 6.74. The predicted octanol–water partition coefficient (Wildman–Crippen LogP) is 2.79. The number of benzene rings is 1. The van der Waals surface area contributed by atoms with Crippen molar-refractivity contribution in [3.05, 3.63) is 51.5 Å². The highest BCUT2D eigenvalue weighted by Gasteiger charge is 2.11. The van der Waals surface area contributed by atoms with Gasteiger partial charge in [-0.1, -0.05) is 11.8 Å². The molecule has 2 rings (SSSR count). The second-order valence-corrected chi connectivity index (χ2v) is 4.96. The van der Waals surface area contributed by atoms with Crippen LogP contribution in [0, 0.1) is 24.6 Å². The molecule has 0 atom stereocenters. The van der Waals surface area contributed by atoms with E-state index >= 15 is 0 Å². The molecule has 102 valence electrons. The molecule has 1 aromatic heterocycles. The molecule has 0 saturated heterocycles. The number of carbonyl (C=O) groups excluding carboxylic acids is 1. The Morgan fingerprint density at radius 1 is 1.45 bits per heavy atom. The van der Waals surface area contributed by atoms with Gasteiger partial charge in [0.1, 0.15) is 12.4 Å². The SMILES string of the molecule is Cc1ccsc1C(=O)Nc1ccc(F)c(C#CCO)c1. The normalized spacial score (nSPS) is 9.75. The molecule has 0 aliphatic carbocycles. The zero-order valence-corrected chi connectivity index (χ0v) is 11.6. The standard InChI is InChI=1S/C15H12FNO2S/c1-10-6-8-20-14(10)15(19)17-12-4-5-13(16)11(9-12)3-2-7-18/h4-6,8-9,18H,7H2,1H3,(H,17,19). The molecule has 0 fully saturated rings. The smallest absolute Gasteiger partial charge is 0.265 e. The number of amides is 1. The molecule has 1 heterocycles. The highest BCUT2D eigenvalue weighted by atomic mass is 32.1. The lowest BCUT2D eigenvalue weighted by Crippen LogP contribution is -2.11. The van der Waals surface area contributed by atoms with Crippen LogP contribution < -0.4 is 5.32 Å². The predicted molar refractivity (Wildman–Crippen MR) is 77.4 cm³/mol. The molecule has 5 heteroatoms. The van der Waals surface area contributed by atoms with E-state index in [0.29, 0.717) is 10.6 Å². The van der Waals surface area contributed by atoms with E-state index in [1.54, 1.807) is 0 Å². The van der Waals surface area contributed by atoms with E-state index in [9.17, 15) is 9.18 Å². The van der Waals surface area contributed by atoms with Crippen LogP contribution in [0.3, 0.4) is 0 Å². The molecule has 0 aliphatic rings. The van der Waals surface area contributed by atoms with Crippen LogP contribution in [0.2, 0.25) is 0 Å². The quantitative estimate of drug-likeness (QED) is 0.835. The number of nitrogens with one attached hydrogen (secondary N) is 1. The molecule has 1 aromatic carbocycles. The molecular formula is C15H12FNO2S. The molecule has 0 radical (unpaired) electrons. The lowest BCUT2D eigenvalue weighted by atomic mass is 10.2. The fraction of sp³-hybridized carbons (Fsp3) is 0.133. The van der Waals surface area contributed by atoms with Crippen molar-refractivity contribution in [2.24, 2.45) is 0 Å². The summed E-state index contributed by atoms with van der Waals surface area (Å²) < 4.78 is 13.5. The van der Waals surface area contributed by atoms with Crippen molar-refractivity contribution in [1.82, 2.24) is 0 Å². The highest BCUT2D eigenvalue weighted by molar-refractivity contribution is 7.12. The maximum Gasteiger partial charge on any atom is 0.265 e. The van der Waals surface area contributed by atoms with Gasteiger partial charge in [0, 0.05) is 5.69 Å². The van der Waals surface area contributed by atoms with Gasteiger partial charge in [0.05, 0.1) is 10.4 Å². The maximum atomic E-state index is 13.5. The number of thiophene rings is 1. The fourth-order valence-corrected chi connectivity index (χ4v) is 2.45. The number of hydrogen-bond donors (Lipinski definition) is 2. The van der Waals surface area contributed by atoms with Gasteiger partial charge in [-0.3, -0.25) is 4.79 Å². The third kappa shape index (κ3) is 3.23. The van der Waals surface area contributed by atoms with Gasteiger partial charge < -0.3 is 10.4 Å². The van der Waals surface area contributed by atoms with E-state index in [-0.39, 0.29) is 18.1 Å². The van der Waals surface area contributed by atoms with Gasteiger partial charge in [-0.2, -0.15) is 0 Å². The first kappa shape index (κ1) is 14.3. The Bertz CT molecular complexity index is 697. The van der Waals surface area contributed by atoms with Crippen molar-refractivity contribution in [1.29, 1.82) is 0 Å². The highest BCUT2D eigenvalue weighted by Crippen LogP contribution is 2.19. The van der Waals surface area contributed by atoms with Gasteiger partial charge >= 0.3 is 0 Å². The summed E-state index contributed by atoms with van der Waals surface area (Å²) >= 11 is 1.35. The Kier molecular flexibility index (Phi) is 4.51. The van der Waals surface area contributed by atoms with Gasteiger partial charge in [-0.25, -0.2) is 4.39 Å². The maximum absolute atomic E-state index is 13.5. The van der Waals surface area contributed by atoms with Gasteiger partial charge in [0.2, 0.25) is 0 Å². The van der Waals surface area contributed by atoms with E-state index in [1.165, 1.54) is 29.5 Å². The molecule has 0 saturated carbocycles. The van der Waals surface area contributed by atoms with Crippen LogP contribution in [0.4, 0.5) is 10.1 Å². The lowest BCUT2D eigenvalue weighted by Gasteiger charge is -2.05. The molecular weight excluding hydrogens is 277 g/mol. The van der Waals surface area contributed by atoms with E-state index < -0.39 is 5.82 Å². The van der Waals surface area contributed by atoms with Gasteiger partial charge in [0.25, 0.3) is 5.91 Å². The van der Waals surface area contributed by atoms with Crippen molar-refractivity contribution < 1.29 is 14.3 Å². The summed E-state index contributed by atoms with van der Waals surface area (Å²) in [6.45, 7) is 1.51. The minimum Gasteiger partial charge on any atom is -0.384 e. The third-order valence-corrected chi connectivity index (χ3v) is 3.61. The van der Waals surface area contributed by atoms with Crippen LogP contribution in [-0.2, 0) is 0 Å². The first-order valence-electron chi connectivity index (χ1n) is 5.86. The monoisotopic (exact) mass is 289 g/mol. The minimum atomic E-state index is -0.490. The van der Waals surface area contributed by atoms with E-state index in [4.69, 9.17) is 5.11 Å². The van der Waals surface area contributed by atoms with Crippen molar-refractivity contribution >= 4 is 22.9 Å². The topological polar surface area (TPSA) is 49.3 Å². The largest absolute Gasteiger partial charge is 0.384 e. The van der Waals surface area contributed by atoms with E-state index in [2.05, 4.69) is 17.2 Å². The molecule has 0 bridgehead atoms. The lowest BCUT2D eigenvalue weighted by molar-refractivity contribution is 0.103. The molecule has 0 aliphatic heterocycles. The molecule has 0 spiro atoms. The zero-order chi connectivity index (χ0) is 14.5.